The maximum Gasteiger partial charge on any atom is 0.170 e. The fourth-order valence-electron chi connectivity index (χ4n) is 2.67. The molecule has 5 N–H and O–H groups in total. The summed E-state index contributed by atoms with van der Waals surface area (Å²) < 4.78 is 1.40. The fraction of sp³-hybridized carbons (Fsp3) is 0.545. The van der Waals surface area contributed by atoms with Gasteiger partial charge in [0.2, 0.25) is 0 Å². The molecule has 1 fully saturated rings. The molecule has 3 unspecified atom stereocenters. The first-order valence-electron chi connectivity index (χ1n) is 6.03. The second kappa shape index (κ2) is 4.12. The van der Waals surface area contributed by atoms with Crippen molar-refractivity contribution in [3.8, 4) is 0 Å². The van der Waals surface area contributed by atoms with Gasteiger partial charge in [-0.15, -0.1) is 0 Å². The van der Waals surface area contributed by atoms with E-state index in [1.165, 1.54) is 17.2 Å². The van der Waals surface area contributed by atoms with E-state index in [9.17, 15) is 15.3 Å². The number of aliphatic hydroxyl groups is 3. The van der Waals surface area contributed by atoms with E-state index in [4.69, 9.17) is 5.73 Å². The molecule has 1 saturated carbocycles. The van der Waals surface area contributed by atoms with E-state index in [0.29, 0.717) is 24.0 Å². The number of aliphatic hydroxyl groups excluding tert-OH is 2. The van der Waals surface area contributed by atoms with Gasteiger partial charge in [0, 0.05) is 12.5 Å². The molecule has 0 bridgehead atoms. The zero-order chi connectivity index (χ0) is 13.6. The van der Waals surface area contributed by atoms with Crippen LogP contribution in [0, 0.1) is 5.92 Å². The van der Waals surface area contributed by atoms with Crippen LogP contribution in [0.3, 0.4) is 0 Å². The molecule has 8 nitrogen and oxygen atoms in total. The van der Waals surface area contributed by atoms with Crippen molar-refractivity contribution in [1.82, 2.24) is 19.5 Å². The van der Waals surface area contributed by atoms with Crippen molar-refractivity contribution in [2.24, 2.45) is 5.92 Å². The lowest BCUT2D eigenvalue weighted by atomic mass is 10.0. The van der Waals surface area contributed by atoms with Gasteiger partial charge in [-0.1, -0.05) is 0 Å². The van der Waals surface area contributed by atoms with E-state index in [2.05, 4.69) is 15.0 Å². The van der Waals surface area contributed by atoms with Gasteiger partial charge in [-0.2, -0.15) is 0 Å². The molecule has 2 aromatic heterocycles. The number of nitrogens with zero attached hydrogens (tertiary/aromatic N) is 4. The maximum atomic E-state index is 10.7. The number of anilines is 1. The molecule has 0 radical (unpaired) electrons. The smallest absolute Gasteiger partial charge is 0.170 e. The molecule has 19 heavy (non-hydrogen) atoms. The first-order valence-corrected chi connectivity index (χ1v) is 6.03. The summed E-state index contributed by atoms with van der Waals surface area (Å²) in [5.74, 6) is -0.139. The molecule has 0 spiro atoms. The molecule has 1 aliphatic carbocycles. The topological polar surface area (TPSA) is 130 Å². The highest BCUT2D eigenvalue weighted by Crippen LogP contribution is 2.39. The molecule has 1 aliphatic rings. The summed E-state index contributed by atoms with van der Waals surface area (Å²) in [7, 11) is 0. The van der Waals surface area contributed by atoms with Crippen LogP contribution in [0.15, 0.2) is 12.7 Å². The Morgan fingerprint density at radius 1 is 1.42 bits per heavy atom. The van der Waals surface area contributed by atoms with Gasteiger partial charge < -0.3 is 21.1 Å². The van der Waals surface area contributed by atoms with E-state index < -0.39 is 11.8 Å². The zero-order valence-electron chi connectivity index (χ0n) is 10.1. The van der Waals surface area contributed by atoms with Gasteiger partial charge >= 0.3 is 0 Å². The van der Waals surface area contributed by atoms with Crippen molar-refractivity contribution < 1.29 is 15.3 Å². The summed E-state index contributed by atoms with van der Waals surface area (Å²) in [5.41, 5.74) is 4.92. The Hall–Kier alpha value is -1.77. The lowest BCUT2D eigenvalue weighted by molar-refractivity contribution is -0.127. The lowest BCUT2D eigenvalue weighted by Crippen LogP contribution is -2.43. The molecule has 0 saturated heterocycles. The number of hydrogen-bond acceptors (Lipinski definition) is 7. The van der Waals surface area contributed by atoms with Crippen LogP contribution >= 0.6 is 0 Å². The van der Waals surface area contributed by atoms with Crippen molar-refractivity contribution in [2.45, 2.75) is 24.7 Å². The lowest BCUT2D eigenvalue weighted by Gasteiger charge is -2.29. The minimum atomic E-state index is -1.52. The summed E-state index contributed by atoms with van der Waals surface area (Å²) in [6.07, 6.45) is 2.43. The third-order valence-electron chi connectivity index (χ3n) is 3.82. The van der Waals surface area contributed by atoms with Crippen LogP contribution in [0.5, 0.6) is 0 Å². The summed E-state index contributed by atoms with van der Waals surface area (Å²) in [4.78, 5) is 12.0. The van der Waals surface area contributed by atoms with Gasteiger partial charge in [0.25, 0.3) is 0 Å². The summed E-state index contributed by atoms with van der Waals surface area (Å²) in [5, 5.41) is 30.0. The second-order valence-electron chi connectivity index (χ2n) is 4.85. The van der Waals surface area contributed by atoms with E-state index in [0.717, 1.165) is 0 Å². The predicted molar refractivity (Wildman–Crippen MR) is 65.7 cm³/mol. The van der Waals surface area contributed by atoms with Gasteiger partial charge in [0.15, 0.2) is 17.2 Å². The van der Waals surface area contributed by atoms with E-state index in [1.807, 2.05) is 0 Å². The van der Waals surface area contributed by atoms with Gasteiger partial charge in [-0.05, 0) is 12.8 Å². The average Bonchev–Trinajstić information content (AvgIpc) is 2.95. The third-order valence-corrected chi connectivity index (χ3v) is 3.82. The van der Waals surface area contributed by atoms with Crippen molar-refractivity contribution in [2.75, 3.05) is 12.3 Å². The Balaban J connectivity index is 2.12. The highest BCUT2D eigenvalue weighted by molar-refractivity contribution is 5.81. The molecule has 2 heterocycles. The van der Waals surface area contributed by atoms with Crippen molar-refractivity contribution in [3.63, 3.8) is 0 Å². The number of imidazole rings is 1. The number of rotatable bonds is 2. The van der Waals surface area contributed by atoms with Crippen LogP contribution in [-0.2, 0) is 5.72 Å². The number of hydrogen-bond donors (Lipinski definition) is 4. The highest BCUT2D eigenvalue weighted by atomic mass is 16.4. The van der Waals surface area contributed by atoms with Crippen molar-refractivity contribution in [1.29, 1.82) is 0 Å². The van der Waals surface area contributed by atoms with Crippen LogP contribution in [-0.4, -0.2) is 47.5 Å². The van der Waals surface area contributed by atoms with Gasteiger partial charge in [0.05, 0.1) is 6.33 Å². The molecule has 102 valence electrons. The first-order chi connectivity index (χ1) is 9.08. The molecule has 8 heteroatoms. The van der Waals surface area contributed by atoms with Crippen LogP contribution < -0.4 is 5.73 Å². The number of aromatic nitrogens is 4. The second-order valence-corrected chi connectivity index (χ2v) is 4.85. The number of nitrogens with two attached hydrogens (primary N) is 1. The predicted octanol–water partition coefficient (Wildman–Crippen LogP) is -1.18. The van der Waals surface area contributed by atoms with Gasteiger partial charge in [0.1, 0.15) is 17.9 Å². The Labute approximate surface area is 108 Å². The Bertz CT molecular complexity index is 615. The summed E-state index contributed by atoms with van der Waals surface area (Å²) in [6.45, 7) is -0.173. The highest BCUT2D eigenvalue weighted by Gasteiger charge is 2.48. The number of nitrogen functional groups attached to an aromatic ring is 1. The molecule has 0 amide bonds. The van der Waals surface area contributed by atoms with E-state index >= 15 is 0 Å². The monoisotopic (exact) mass is 265 g/mol. The minimum Gasteiger partial charge on any atom is -0.396 e. The Morgan fingerprint density at radius 2 is 2.21 bits per heavy atom. The largest absolute Gasteiger partial charge is 0.396 e. The Morgan fingerprint density at radius 3 is 2.89 bits per heavy atom. The number of fused-ring (bicyclic) bond motifs is 1. The first kappa shape index (κ1) is 12.3. The molecular formula is C11H15N5O3. The summed E-state index contributed by atoms with van der Waals surface area (Å²) >= 11 is 0. The van der Waals surface area contributed by atoms with Crippen LogP contribution in [0.25, 0.3) is 11.2 Å². The summed E-state index contributed by atoms with van der Waals surface area (Å²) in [6, 6.07) is 0. The molecule has 0 aromatic carbocycles. The normalized spacial score (nSPS) is 31.1. The molecule has 0 aliphatic heterocycles. The quantitative estimate of drug-likeness (QED) is 0.537. The Kier molecular flexibility index (Phi) is 2.66. The minimum absolute atomic E-state index is 0.173. The average molecular weight is 265 g/mol. The molecule has 2 aromatic rings. The third kappa shape index (κ3) is 1.61. The standard InChI is InChI=1S/C11H15N5O3/c12-9-7-10(14-4-13-9)16(5-15-7)11(19)2-1-6(3-17)8(11)18/h4-6,8,17-19H,1-3H2,(H2,12,13,14). The SMILES string of the molecule is Nc1ncnc2c1ncn2C1(O)CCC(CO)C1O. The van der Waals surface area contributed by atoms with Gasteiger partial charge in [-0.25, -0.2) is 15.0 Å². The fourth-order valence-corrected chi connectivity index (χ4v) is 2.67. The van der Waals surface area contributed by atoms with E-state index in [-0.39, 0.29) is 18.3 Å². The van der Waals surface area contributed by atoms with Crippen LogP contribution in [0.2, 0.25) is 0 Å². The van der Waals surface area contributed by atoms with E-state index in [1.54, 1.807) is 0 Å². The van der Waals surface area contributed by atoms with Crippen LogP contribution in [0.1, 0.15) is 12.8 Å². The maximum absolute atomic E-state index is 10.7. The zero-order valence-corrected chi connectivity index (χ0v) is 10.1. The van der Waals surface area contributed by atoms with Crippen LogP contribution in [0.4, 0.5) is 5.82 Å². The molecule has 3 atom stereocenters. The van der Waals surface area contributed by atoms with Gasteiger partial charge in [-0.3, -0.25) is 4.57 Å². The van der Waals surface area contributed by atoms with Crippen molar-refractivity contribution in [3.05, 3.63) is 12.7 Å². The molecular weight excluding hydrogens is 250 g/mol. The van der Waals surface area contributed by atoms with Crippen molar-refractivity contribution >= 4 is 17.0 Å². The molecule has 3 rings (SSSR count).